The van der Waals surface area contributed by atoms with Gasteiger partial charge in [-0.05, 0) is 26.8 Å². The van der Waals surface area contributed by atoms with Gasteiger partial charge in [-0.25, -0.2) is 4.98 Å². The van der Waals surface area contributed by atoms with Crippen LogP contribution in [0.4, 0.5) is 11.8 Å². The minimum atomic E-state index is 0.0728. The first-order valence-corrected chi connectivity index (χ1v) is 6.29. The fourth-order valence-electron chi connectivity index (χ4n) is 1.55. The van der Waals surface area contributed by atoms with Crippen molar-refractivity contribution in [2.45, 2.75) is 20.8 Å². The molecule has 1 rings (SSSR count). The van der Waals surface area contributed by atoms with Gasteiger partial charge in [0.1, 0.15) is 5.82 Å². The molecule has 0 unspecified atom stereocenters. The molecule has 0 aliphatic heterocycles. The minimum absolute atomic E-state index is 0.0728. The van der Waals surface area contributed by atoms with Crippen molar-refractivity contribution in [3.05, 3.63) is 12.3 Å². The second-order valence-electron chi connectivity index (χ2n) is 3.72. The Morgan fingerprint density at radius 2 is 2.00 bits per heavy atom. The lowest BCUT2D eigenvalue weighted by Crippen LogP contribution is -2.35. The molecule has 1 heterocycles. The van der Waals surface area contributed by atoms with E-state index in [1.54, 1.807) is 17.2 Å². The van der Waals surface area contributed by atoms with E-state index in [-0.39, 0.29) is 12.5 Å². The summed E-state index contributed by atoms with van der Waals surface area (Å²) < 4.78 is 0. The highest BCUT2D eigenvalue weighted by atomic mass is 16.2. The van der Waals surface area contributed by atoms with Crippen LogP contribution in [-0.4, -0.2) is 47.0 Å². The van der Waals surface area contributed by atoms with E-state index in [4.69, 9.17) is 0 Å². The number of anilines is 2. The molecule has 0 saturated carbocycles. The molecule has 18 heavy (non-hydrogen) atoms. The van der Waals surface area contributed by atoms with Gasteiger partial charge in [-0.1, -0.05) is 0 Å². The van der Waals surface area contributed by atoms with E-state index in [0.29, 0.717) is 11.8 Å². The molecule has 0 aromatic carbocycles. The van der Waals surface area contributed by atoms with Crippen molar-refractivity contribution in [3.63, 3.8) is 0 Å². The molecule has 0 fully saturated rings. The maximum Gasteiger partial charge on any atom is 0.241 e. The smallest absolute Gasteiger partial charge is 0.241 e. The number of carbonyl (C=O) groups is 1. The second kappa shape index (κ2) is 7.47. The van der Waals surface area contributed by atoms with E-state index in [9.17, 15) is 4.79 Å². The average molecular weight is 251 g/mol. The summed E-state index contributed by atoms with van der Waals surface area (Å²) in [6.45, 7) is 8.39. The summed E-state index contributed by atoms with van der Waals surface area (Å²) in [5.74, 6) is 1.29. The molecule has 0 atom stereocenters. The predicted molar refractivity (Wildman–Crippen MR) is 72.6 cm³/mol. The zero-order valence-electron chi connectivity index (χ0n) is 11.2. The number of hydrogen-bond donors (Lipinski definition) is 2. The number of hydrogen-bond acceptors (Lipinski definition) is 5. The number of carbonyl (C=O) groups excluding carboxylic acids is 1. The van der Waals surface area contributed by atoms with Crippen LogP contribution < -0.4 is 10.6 Å². The van der Waals surface area contributed by atoms with Gasteiger partial charge in [0.25, 0.3) is 0 Å². The first-order chi connectivity index (χ1) is 8.71. The van der Waals surface area contributed by atoms with Gasteiger partial charge < -0.3 is 15.5 Å². The number of nitrogens with zero attached hydrogens (tertiary/aromatic N) is 3. The molecule has 6 heteroatoms. The molecule has 6 nitrogen and oxygen atoms in total. The van der Waals surface area contributed by atoms with E-state index in [1.807, 2.05) is 20.8 Å². The molecule has 0 radical (unpaired) electrons. The Morgan fingerprint density at radius 1 is 1.28 bits per heavy atom. The summed E-state index contributed by atoms with van der Waals surface area (Å²) in [5.41, 5.74) is 0. The molecule has 0 saturated heterocycles. The zero-order valence-corrected chi connectivity index (χ0v) is 11.2. The van der Waals surface area contributed by atoms with Crippen LogP contribution >= 0.6 is 0 Å². The van der Waals surface area contributed by atoms with Crippen LogP contribution in [0, 0.1) is 0 Å². The van der Waals surface area contributed by atoms with E-state index >= 15 is 0 Å². The van der Waals surface area contributed by atoms with Crippen LogP contribution in [0.5, 0.6) is 0 Å². The van der Waals surface area contributed by atoms with E-state index in [2.05, 4.69) is 20.6 Å². The summed E-state index contributed by atoms with van der Waals surface area (Å²) in [7, 11) is 0. The van der Waals surface area contributed by atoms with Gasteiger partial charge in [-0.3, -0.25) is 4.79 Å². The van der Waals surface area contributed by atoms with Crippen LogP contribution in [0.1, 0.15) is 20.8 Å². The van der Waals surface area contributed by atoms with Crippen molar-refractivity contribution < 1.29 is 4.79 Å². The summed E-state index contributed by atoms with van der Waals surface area (Å²) >= 11 is 0. The van der Waals surface area contributed by atoms with Crippen molar-refractivity contribution in [3.8, 4) is 0 Å². The van der Waals surface area contributed by atoms with Crippen molar-refractivity contribution in [2.24, 2.45) is 0 Å². The largest absolute Gasteiger partial charge is 0.361 e. The molecular formula is C12H21N5O. The molecule has 0 bridgehead atoms. The lowest BCUT2D eigenvalue weighted by Gasteiger charge is -2.18. The van der Waals surface area contributed by atoms with Gasteiger partial charge >= 0.3 is 0 Å². The quantitative estimate of drug-likeness (QED) is 0.761. The Hall–Kier alpha value is -1.85. The maximum atomic E-state index is 11.8. The van der Waals surface area contributed by atoms with Gasteiger partial charge in [0.2, 0.25) is 11.9 Å². The normalized spacial score (nSPS) is 9.94. The highest BCUT2D eigenvalue weighted by Crippen LogP contribution is 2.05. The topological polar surface area (TPSA) is 70.2 Å². The van der Waals surface area contributed by atoms with Gasteiger partial charge in [0.15, 0.2) is 0 Å². The van der Waals surface area contributed by atoms with Crippen molar-refractivity contribution in [1.29, 1.82) is 0 Å². The third-order valence-electron chi connectivity index (χ3n) is 2.53. The standard InChI is InChI=1S/C12H21N5O/c1-4-13-12-14-8-7-10(16-12)15-9-11(18)17(5-2)6-3/h7-8H,4-6,9H2,1-3H3,(H2,13,14,15,16). The predicted octanol–water partition coefficient (Wildman–Crippen LogP) is 1.19. The van der Waals surface area contributed by atoms with Crippen molar-refractivity contribution in [1.82, 2.24) is 14.9 Å². The van der Waals surface area contributed by atoms with Crippen LogP contribution in [-0.2, 0) is 4.79 Å². The number of likely N-dealkylation sites (N-methyl/N-ethyl adjacent to an activating group) is 1. The monoisotopic (exact) mass is 251 g/mol. The van der Waals surface area contributed by atoms with Crippen LogP contribution in [0.3, 0.4) is 0 Å². The fraction of sp³-hybridized carbons (Fsp3) is 0.583. The summed E-state index contributed by atoms with van der Waals surface area (Å²) in [6.07, 6.45) is 1.66. The van der Waals surface area contributed by atoms with Gasteiger partial charge in [-0.2, -0.15) is 4.98 Å². The summed E-state index contributed by atoms with van der Waals surface area (Å²) in [5, 5.41) is 6.03. The minimum Gasteiger partial charge on any atom is -0.361 e. The SMILES string of the molecule is CCNc1nccc(NCC(=O)N(CC)CC)n1. The molecule has 0 aliphatic carbocycles. The number of rotatable bonds is 7. The number of amides is 1. The zero-order chi connectivity index (χ0) is 13.4. The number of nitrogens with one attached hydrogen (secondary N) is 2. The first kappa shape index (κ1) is 14.2. The number of aromatic nitrogens is 2. The molecule has 0 aliphatic rings. The Bertz CT molecular complexity index is 378. The maximum absolute atomic E-state index is 11.8. The van der Waals surface area contributed by atoms with E-state index in [0.717, 1.165) is 19.6 Å². The summed E-state index contributed by atoms with van der Waals surface area (Å²) in [4.78, 5) is 21.9. The molecule has 2 N–H and O–H groups in total. The Labute approximate surface area is 108 Å². The van der Waals surface area contributed by atoms with Crippen LogP contribution in [0.25, 0.3) is 0 Å². The fourth-order valence-corrected chi connectivity index (χ4v) is 1.55. The highest BCUT2D eigenvalue weighted by Gasteiger charge is 2.09. The summed E-state index contributed by atoms with van der Waals surface area (Å²) in [6, 6.07) is 1.75. The lowest BCUT2D eigenvalue weighted by molar-refractivity contribution is -0.128. The molecule has 100 valence electrons. The third kappa shape index (κ3) is 4.20. The van der Waals surface area contributed by atoms with Crippen LogP contribution in [0.2, 0.25) is 0 Å². The van der Waals surface area contributed by atoms with Gasteiger partial charge in [0.05, 0.1) is 6.54 Å². The van der Waals surface area contributed by atoms with E-state index < -0.39 is 0 Å². The lowest BCUT2D eigenvalue weighted by atomic mass is 10.4. The Balaban J connectivity index is 2.52. The highest BCUT2D eigenvalue weighted by molar-refractivity contribution is 5.80. The molecule has 0 spiro atoms. The Morgan fingerprint density at radius 3 is 2.61 bits per heavy atom. The van der Waals surface area contributed by atoms with Crippen LogP contribution in [0.15, 0.2) is 12.3 Å². The van der Waals surface area contributed by atoms with Gasteiger partial charge in [-0.15, -0.1) is 0 Å². The van der Waals surface area contributed by atoms with E-state index in [1.165, 1.54) is 0 Å². The molecule has 1 aromatic rings. The molecular weight excluding hydrogens is 230 g/mol. The average Bonchev–Trinajstić information content (AvgIpc) is 2.39. The van der Waals surface area contributed by atoms with Crippen molar-refractivity contribution >= 4 is 17.7 Å². The Kier molecular flexibility index (Phi) is 5.90. The third-order valence-corrected chi connectivity index (χ3v) is 2.53. The second-order valence-corrected chi connectivity index (χ2v) is 3.72. The van der Waals surface area contributed by atoms with Gasteiger partial charge in [0, 0.05) is 25.8 Å². The molecule has 1 amide bonds. The first-order valence-electron chi connectivity index (χ1n) is 6.29. The molecule has 1 aromatic heterocycles. The van der Waals surface area contributed by atoms with Crippen molar-refractivity contribution in [2.75, 3.05) is 36.8 Å².